The second-order valence-corrected chi connectivity index (χ2v) is 9.06. The molecule has 2 saturated heterocycles. The minimum atomic E-state index is -0.154. The Kier molecular flexibility index (Phi) is 5.70. The van der Waals surface area contributed by atoms with E-state index in [4.69, 9.17) is 4.52 Å². The highest BCUT2D eigenvalue weighted by molar-refractivity contribution is 5.96. The van der Waals surface area contributed by atoms with Gasteiger partial charge in [-0.2, -0.15) is 4.98 Å². The first-order valence-electron chi connectivity index (χ1n) is 11.6. The van der Waals surface area contributed by atoms with E-state index in [0.717, 1.165) is 42.7 Å². The summed E-state index contributed by atoms with van der Waals surface area (Å²) >= 11 is 0. The van der Waals surface area contributed by atoms with Gasteiger partial charge in [0.2, 0.25) is 17.6 Å². The normalized spacial score (nSPS) is 18.7. The van der Waals surface area contributed by atoms with Crippen LogP contribution in [0.4, 0.5) is 5.69 Å². The second-order valence-electron chi connectivity index (χ2n) is 9.06. The minimum absolute atomic E-state index is 0.0469. The number of benzene rings is 2. The van der Waals surface area contributed by atoms with Crippen molar-refractivity contribution < 1.29 is 14.1 Å². The molecule has 1 atom stereocenters. The molecule has 2 fully saturated rings. The quantitative estimate of drug-likeness (QED) is 0.592. The van der Waals surface area contributed by atoms with Gasteiger partial charge in [0, 0.05) is 42.9 Å². The van der Waals surface area contributed by atoms with Gasteiger partial charge in [0.25, 0.3) is 5.91 Å². The molecule has 0 radical (unpaired) electrons. The average molecular weight is 445 g/mol. The highest BCUT2D eigenvalue weighted by Crippen LogP contribution is 2.33. The van der Waals surface area contributed by atoms with Crippen LogP contribution in [0.3, 0.4) is 0 Å². The van der Waals surface area contributed by atoms with Gasteiger partial charge in [-0.05, 0) is 68.5 Å². The predicted octanol–water partition coefficient (Wildman–Crippen LogP) is 4.50. The van der Waals surface area contributed by atoms with Crippen molar-refractivity contribution in [1.29, 1.82) is 0 Å². The molecule has 2 amide bonds. The molecule has 0 aliphatic carbocycles. The number of hydrogen-bond acceptors (Lipinski definition) is 5. The Hall–Kier alpha value is -3.48. The van der Waals surface area contributed by atoms with E-state index in [0.29, 0.717) is 30.2 Å². The molecule has 3 heterocycles. The molecule has 1 aromatic heterocycles. The van der Waals surface area contributed by atoms with Crippen molar-refractivity contribution >= 4 is 17.5 Å². The lowest BCUT2D eigenvalue weighted by Crippen LogP contribution is -2.35. The molecule has 2 aromatic carbocycles. The number of carbonyl (C=O) groups is 2. The van der Waals surface area contributed by atoms with Crippen molar-refractivity contribution in [3.63, 3.8) is 0 Å². The number of aromatic nitrogens is 2. The fraction of sp³-hybridized carbons (Fsp3) is 0.385. The lowest BCUT2D eigenvalue weighted by atomic mass is 10.1. The summed E-state index contributed by atoms with van der Waals surface area (Å²) in [4.78, 5) is 33.9. The molecule has 0 unspecified atom stereocenters. The lowest BCUT2D eigenvalue weighted by Gasteiger charge is -2.26. The van der Waals surface area contributed by atoms with Crippen LogP contribution >= 0.6 is 0 Å². The standard InChI is InChI=1S/C26H28N4O3/c1-17-9-10-22(13-18(17)2)30-16-21(15-23(30)31)25-27-24(28-33-25)19-7-6-8-20(14-19)26(32)29-11-4-3-5-12-29/h6-10,13-14,21H,3-5,11-12,15-16H2,1-2H3/t21-/m1/s1. The van der Waals surface area contributed by atoms with E-state index < -0.39 is 0 Å². The van der Waals surface area contributed by atoms with Gasteiger partial charge in [0.05, 0.1) is 5.92 Å². The summed E-state index contributed by atoms with van der Waals surface area (Å²) in [7, 11) is 0. The number of hydrogen-bond donors (Lipinski definition) is 0. The number of piperidine rings is 1. The predicted molar refractivity (Wildman–Crippen MR) is 125 cm³/mol. The monoisotopic (exact) mass is 444 g/mol. The summed E-state index contributed by atoms with van der Waals surface area (Å²) in [6, 6.07) is 13.4. The Bertz CT molecular complexity index is 1200. The Morgan fingerprint density at radius 2 is 1.85 bits per heavy atom. The van der Waals surface area contributed by atoms with E-state index in [9.17, 15) is 9.59 Å². The molecule has 7 heteroatoms. The SMILES string of the molecule is Cc1ccc(N2C[C@H](c3nc(-c4cccc(C(=O)N5CCCCC5)c4)no3)CC2=O)cc1C. The first-order chi connectivity index (χ1) is 16.0. The molecule has 2 aliphatic heterocycles. The Labute approximate surface area is 193 Å². The van der Waals surface area contributed by atoms with Gasteiger partial charge < -0.3 is 14.3 Å². The maximum atomic E-state index is 12.9. The highest BCUT2D eigenvalue weighted by Gasteiger charge is 2.35. The van der Waals surface area contributed by atoms with Crippen LogP contribution in [-0.2, 0) is 4.79 Å². The Balaban J connectivity index is 1.33. The van der Waals surface area contributed by atoms with Crippen LogP contribution in [0.2, 0.25) is 0 Å². The van der Waals surface area contributed by atoms with E-state index in [1.54, 1.807) is 4.90 Å². The zero-order valence-corrected chi connectivity index (χ0v) is 19.1. The topological polar surface area (TPSA) is 79.5 Å². The largest absolute Gasteiger partial charge is 0.339 e. The molecule has 7 nitrogen and oxygen atoms in total. The molecular formula is C26H28N4O3. The van der Waals surface area contributed by atoms with Crippen molar-refractivity contribution in [3.05, 3.63) is 65.0 Å². The molecule has 0 N–H and O–H groups in total. The van der Waals surface area contributed by atoms with Gasteiger partial charge in [0.1, 0.15) is 0 Å². The van der Waals surface area contributed by atoms with Crippen molar-refractivity contribution in [3.8, 4) is 11.4 Å². The molecule has 170 valence electrons. The average Bonchev–Trinajstić information content (AvgIpc) is 3.48. The molecule has 3 aromatic rings. The Morgan fingerprint density at radius 1 is 1.03 bits per heavy atom. The van der Waals surface area contributed by atoms with E-state index in [2.05, 4.69) is 17.1 Å². The first kappa shape index (κ1) is 21.4. The summed E-state index contributed by atoms with van der Waals surface area (Å²) in [5.74, 6) is 0.842. The number of aryl methyl sites for hydroxylation is 2. The van der Waals surface area contributed by atoms with Crippen molar-refractivity contribution in [1.82, 2.24) is 15.0 Å². The summed E-state index contributed by atoms with van der Waals surface area (Å²) < 4.78 is 5.56. The third kappa shape index (κ3) is 4.27. The van der Waals surface area contributed by atoms with Crippen LogP contribution < -0.4 is 4.90 Å². The molecule has 0 spiro atoms. The van der Waals surface area contributed by atoms with Gasteiger partial charge in [-0.25, -0.2) is 0 Å². The van der Waals surface area contributed by atoms with Crippen molar-refractivity contribution in [2.24, 2.45) is 0 Å². The fourth-order valence-corrected chi connectivity index (χ4v) is 4.61. The van der Waals surface area contributed by atoms with Crippen LogP contribution in [0.25, 0.3) is 11.4 Å². The zero-order chi connectivity index (χ0) is 22.9. The second kappa shape index (κ2) is 8.81. The minimum Gasteiger partial charge on any atom is -0.339 e. The van der Waals surface area contributed by atoms with E-state index in [1.807, 2.05) is 54.3 Å². The highest BCUT2D eigenvalue weighted by atomic mass is 16.5. The Morgan fingerprint density at radius 3 is 2.64 bits per heavy atom. The van der Waals surface area contributed by atoms with Crippen LogP contribution in [0.5, 0.6) is 0 Å². The number of likely N-dealkylation sites (tertiary alicyclic amines) is 1. The van der Waals surface area contributed by atoms with Gasteiger partial charge in [0.15, 0.2) is 0 Å². The number of rotatable bonds is 4. The molecule has 2 aliphatic rings. The van der Waals surface area contributed by atoms with E-state index in [-0.39, 0.29) is 17.7 Å². The smallest absolute Gasteiger partial charge is 0.253 e. The van der Waals surface area contributed by atoms with Gasteiger partial charge in [-0.3, -0.25) is 9.59 Å². The summed E-state index contributed by atoms with van der Waals surface area (Å²) in [6.07, 6.45) is 3.62. The number of nitrogens with zero attached hydrogens (tertiary/aromatic N) is 4. The third-order valence-corrected chi connectivity index (χ3v) is 6.73. The van der Waals surface area contributed by atoms with Crippen molar-refractivity contribution in [2.75, 3.05) is 24.5 Å². The van der Waals surface area contributed by atoms with E-state index in [1.165, 1.54) is 12.0 Å². The van der Waals surface area contributed by atoms with Crippen LogP contribution in [-0.4, -0.2) is 46.5 Å². The summed E-state index contributed by atoms with van der Waals surface area (Å²) in [5.41, 5.74) is 4.63. The van der Waals surface area contributed by atoms with Crippen LogP contribution in [0.15, 0.2) is 47.0 Å². The lowest BCUT2D eigenvalue weighted by molar-refractivity contribution is -0.117. The maximum Gasteiger partial charge on any atom is 0.253 e. The zero-order valence-electron chi connectivity index (χ0n) is 19.1. The van der Waals surface area contributed by atoms with Gasteiger partial charge in [-0.15, -0.1) is 0 Å². The van der Waals surface area contributed by atoms with Crippen LogP contribution in [0, 0.1) is 13.8 Å². The first-order valence-corrected chi connectivity index (χ1v) is 11.6. The summed E-state index contributed by atoms with van der Waals surface area (Å²) in [5, 5.41) is 4.15. The number of anilines is 1. The number of carbonyl (C=O) groups excluding carboxylic acids is 2. The third-order valence-electron chi connectivity index (χ3n) is 6.73. The van der Waals surface area contributed by atoms with Gasteiger partial charge >= 0.3 is 0 Å². The van der Waals surface area contributed by atoms with Crippen molar-refractivity contribution in [2.45, 2.75) is 45.4 Å². The molecule has 0 saturated carbocycles. The molecule has 33 heavy (non-hydrogen) atoms. The molecule has 5 rings (SSSR count). The van der Waals surface area contributed by atoms with Gasteiger partial charge in [-0.1, -0.05) is 23.4 Å². The van der Waals surface area contributed by atoms with E-state index >= 15 is 0 Å². The molecular weight excluding hydrogens is 416 g/mol. The maximum absolute atomic E-state index is 12.9. The fourth-order valence-electron chi connectivity index (χ4n) is 4.61. The molecule has 0 bridgehead atoms. The summed E-state index contributed by atoms with van der Waals surface area (Å²) in [6.45, 7) is 6.23. The number of amides is 2. The van der Waals surface area contributed by atoms with Crippen LogP contribution in [0.1, 0.15) is 59.0 Å².